The Hall–Kier alpha value is -0.536. The molecule has 0 bridgehead atoms. The van der Waals surface area contributed by atoms with Gasteiger partial charge in [0.05, 0.1) is 5.78 Å². The summed E-state index contributed by atoms with van der Waals surface area (Å²) in [5, 5.41) is 3.95. The summed E-state index contributed by atoms with van der Waals surface area (Å²) < 4.78 is 1.66. The van der Waals surface area contributed by atoms with Crippen LogP contribution in [0.2, 0.25) is 0 Å². The van der Waals surface area contributed by atoms with Gasteiger partial charge in [0, 0.05) is 38.9 Å². The minimum absolute atomic E-state index is 0. The third kappa shape index (κ3) is 1.94. The molecule has 0 saturated carbocycles. The number of aromatic nitrogens is 2. The summed E-state index contributed by atoms with van der Waals surface area (Å²) in [5.74, 6) is 0.000556. The van der Waals surface area contributed by atoms with Crippen molar-refractivity contribution in [2.24, 2.45) is 0 Å². The molecule has 0 fully saturated rings. The second kappa shape index (κ2) is 4.32. The van der Waals surface area contributed by atoms with Crippen molar-refractivity contribution in [1.82, 2.24) is 9.61 Å². The molecule has 2 aromatic rings. The molecule has 2 heterocycles. The van der Waals surface area contributed by atoms with Crippen molar-refractivity contribution in [2.75, 3.05) is 0 Å². The molecule has 0 aliphatic rings. The van der Waals surface area contributed by atoms with Crippen LogP contribution in [0.15, 0.2) is 18.3 Å². The van der Waals surface area contributed by atoms with Gasteiger partial charge in [-0.2, -0.15) is 0 Å². The zero-order valence-corrected chi connectivity index (χ0v) is 11.0. The number of hydrogen-bond donors (Lipinski definition) is 0. The van der Waals surface area contributed by atoms with Crippen molar-refractivity contribution in [3.63, 3.8) is 0 Å². The van der Waals surface area contributed by atoms with E-state index in [1.165, 1.54) is 6.92 Å². The van der Waals surface area contributed by atoms with Gasteiger partial charge in [-0.05, 0) is 31.6 Å². The number of Topliss-reactive ketones (excluding diaryl/α,β-unsaturated/α-hetero) is 1. The normalized spacial score (nSPS) is 9.86. The zero-order valence-electron chi connectivity index (χ0n) is 8.11. The average Bonchev–Trinajstić information content (AvgIpc) is 2.46. The Bertz CT molecular complexity index is 476. The Kier molecular flexibility index (Phi) is 3.56. The number of fused-ring (bicyclic) bond motifs is 1. The number of carbonyl (C=O) groups excluding carboxylic acids is 1. The fourth-order valence-electron chi connectivity index (χ4n) is 1.29. The van der Waals surface area contributed by atoms with Gasteiger partial charge in [0.2, 0.25) is 0 Å². The molecule has 0 atom stereocenters. The maximum Gasteiger partial charge on any atom is 0.0502 e. The summed E-state index contributed by atoms with van der Waals surface area (Å²) >= 11 is 0. The molecular weight excluding hydrogens is 253 g/mol. The molecule has 0 unspecified atom stereocenters. The van der Waals surface area contributed by atoms with Gasteiger partial charge in [-0.15, -0.1) is 5.56 Å². The number of nitrogens with zero attached hydrogens (tertiary/aromatic N) is 2. The second-order valence-electron chi connectivity index (χ2n) is 3.08. The van der Waals surface area contributed by atoms with Crippen molar-refractivity contribution in [1.29, 1.82) is 0 Å². The van der Waals surface area contributed by atoms with Gasteiger partial charge in [-0.25, -0.2) is 0 Å². The summed E-state index contributed by atoms with van der Waals surface area (Å²) in [6.45, 7) is 3.51. The molecule has 0 aliphatic heterocycles. The zero-order chi connectivity index (χ0) is 9.42. The molecule has 0 saturated heterocycles. The molecular formula is C10H9N2OY-. The van der Waals surface area contributed by atoms with Gasteiger partial charge in [-0.1, -0.05) is 11.6 Å². The van der Waals surface area contributed by atoms with Crippen molar-refractivity contribution >= 4 is 11.3 Å². The van der Waals surface area contributed by atoms with Crippen LogP contribution in [-0.2, 0) is 32.7 Å². The van der Waals surface area contributed by atoms with E-state index in [1.807, 2.05) is 25.3 Å². The van der Waals surface area contributed by atoms with Crippen LogP contribution in [-0.4, -0.2) is 15.4 Å². The quantitative estimate of drug-likeness (QED) is 0.578. The van der Waals surface area contributed by atoms with Gasteiger partial charge >= 0.3 is 0 Å². The maximum atomic E-state index is 11.1. The van der Waals surface area contributed by atoms with E-state index in [9.17, 15) is 4.79 Å². The topological polar surface area (TPSA) is 34.4 Å². The van der Waals surface area contributed by atoms with E-state index in [0.29, 0.717) is 5.56 Å². The fourth-order valence-corrected chi connectivity index (χ4v) is 1.29. The summed E-state index contributed by atoms with van der Waals surface area (Å²) in [6.07, 6.45) is 4.53. The molecule has 0 aliphatic carbocycles. The SMILES string of the molecule is CC(=O)c1[c-]nn2ccc(C)cc12.[Y]. The Morgan fingerprint density at radius 2 is 2.29 bits per heavy atom. The summed E-state index contributed by atoms with van der Waals surface area (Å²) in [7, 11) is 0. The van der Waals surface area contributed by atoms with Crippen LogP contribution < -0.4 is 0 Å². The van der Waals surface area contributed by atoms with Crippen molar-refractivity contribution in [3.05, 3.63) is 35.7 Å². The largest absolute Gasteiger partial charge is 0.371 e. The van der Waals surface area contributed by atoms with E-state index in [1.54, 1.807) is 4.52 Å². The number of carbonyl (C=O) groups is 1. The molecule has 4 heteroatoms. The summed E-state index contributed by atoms with van der Waals surface area (Å²) in [4.78, 5) is 11.1. The van der Waals surface area contributed by atoms with Crippen molar-refractivity contribution in [3.8, 4) is 0 Å². The fraction of sp³-hybridized carbons (Fsp3) is 0.200. The van der Waals surface area contributed by atoms with E-state index >= 15 is 0 Å². The van der Waals surface area contributed by atoms with E-state index in [2.05, 4.69) is 11.3 Å². The van der Waals surface area contributed by atoms with Crippen LogP contribution in [0, 0.1) is 13.1 Å². The van der Waals surface area contributed by atoms with Gasteiger partial charge in [0.25, 0.3) is 0 Å². The van der Waals surface area contributed by atoms with Gasteiger partial charge < -0.3 is 9.31 Å². The first-order valence-electron chi connectivity index (χ1n) is 4.06. The number of hydrogen-bond acceptors (Lipinski definition) is 2. The summed E-state index contributed by atoms with van der Waals surface area (Å²) in [6, 6.07) is 3.87. The number of aryl methyl sites for hydroxylation is 1. The molecule has 0 N–H and O–H groups in total. The molecule has 2 rings (SSSR count). The molecule has 2 aromatic heterocycles. The first-order chi connectivity index (χ1) is 6.18. The van der Waals surface area contributed by atoms with Crippen LogP contribution in [0.5, 0.6) is 0 Å². The van der Waals surface area contributed by atoms with Crippen molar-refractivity contribution < 1.29 is 37.5 Å². The smallest absolute Gasteiger partial charge is 0.0502 e. The first kappa shape index (κ1) is 11.5. The van der Waals surface area contributed by atoms with E-state index < -0.39 is 0 Å². The molecule has 1 radical (unpaired) electrons. The predicted molar refractivity (Wildman–Crippen MR) is 48.8 cm³/mol. The maximum absolute atomic E-state index is 11.1. The average molecular weight is 262 g/mol. The van der Waals surface area contributed by atoms with Crippen LogP contribution in [0.3, 0.4) is 0 Å². The number of pyridine rings is 1. The van der Waals surface area contributed by atoms with Gasteiger partial charge in [-0.3, -0.25) is 5.10 Å². The van der Waals surface area contributed by atoms with E-state index in [4.69, 9.17) is 0 Å². The van der Waals surface area contributed by atoms with Gasteiger partial charge in [0.15, 0.2) is 0 Å². The molecule has 14 heavy (non-hydrogen) atoms. The van der Waals surface area contributed by atoms with Crippen LogP contribution in [0.25, 0.3) is 5.52 Å². The van der Waals surface area contributed by atoms with Crippen molar-refractivity contribution in [2.45, 2.75) is 13.8 Å². The molecule has 0 amide bonds. The van der Waals surface area contributed by atoms with Crippen LogP contribution >= 0.6 is 0 Å². The molecule has 0 spiro atoms. The summed E-state index contributed by atoms with van der Waals surface area (Å²) in [5.41, 5.74) is 2.50. The minimum Gasteiger partial charge on any atom is -0.371 e. The monoisotopic (exact) mass is 262 g/mol. The Morgan fingerprint density at radius 3 is 2.93 bits per heavy atom. The number of rotatable bonds is 1. The van der Waals surface area contributed by atoms with Crippen LogP contribution in [0.4, 0.5) is 0 Å². The minimum atomic E-state index is 0. The second-order valence-corrected chi connectivity index (χ2v) is 3.08. The van der Waals surface area contributed by atoms with Gasteiger partial charge in [0.1, 0.15) is 0 Å². The third-order valence-electron chi connectivity index (χ3n) is 1.97. The molecule has 3 nitrogen and oxygen atoms in total. The molecule has 69 valence electrons. The van der Waals surface area contributed by atoms with E-state index in [-0.39, 0.29) is 38.5 Å². The molecule has 0 aromatic carbocycles. The first-order valence-corrected chi connectivity index (χ1v) is 4.06. The van der Waals surface area contributed by atoms with Crippen LogP contribution in [0.1, 0.15) is 22.8 Å². The van der Waals surface area contributed by atoms with E-state index in [0.717, 1.165) is 11.1 Å². The standard InChI is InChI=1S/C10H9N2O.Y/c1-7-3-4-12-10(5-7)9(6-11-12)8(2)13;/h3-5H,1-2H3;/q-1;. The Labute approximate surface area is 107 Å². The third-order valence-corrected chi connectivity index (χ3v) is 1.97. The number of ketones is 1. The Morgan fingerprint density at radius 1 is 1.57 bits per heavy atom. The Balaban J connectivity index is 0.000000980. The predicted octanol–water partition coefficient (Wildman–Crippen LogP) is 1.64.